The Kier molecular flexibility index (Phi) is 17.0. The molecule has 3 heteroatoms. The lowest BCUT2D eigenvalue weighted by atomic mass is 10.0. The molecule has 22 heavy (non-hydrogen) atoms. The van der Waals surface area contributed by atoms with Crippen molar-refractivity contribution >= 4 is 18.6 Å². The Morgan fingerprint density at radius 2 is 1.18 bits per heavy atom. The average molecular weight is 331 g/mol. The minimum Gasteiger partial charge on any atom is -0.481 e. The maximum atomic E-state index is 10.4. The number of carbonyl (C=O) groups is 1. The molecular weight excluding hydrogens is 292 g/mol. The van der Waals surface area contributed by atoms with Crippen molar-refractivity contribution < 1.29 is 9.90 Å². The summed E-state index contributed by atoms with van der Waals surface area (Å²) < 4.78 is 0. The first kappa shape index (κ1) is 21.8. The molecule has 0 aromatic carbocycles. The minimum atomic E-state index is -0.657. The molecule has 0 aliphatic carbocycles. The second kappa shape index (κ2) is 17.2. The van der Waals surface area contributed by atoms with E-state index < -0.39 is 5.97 Å². The highest BCUT2D eigenvalue weighted by Crippen LogP contribution is 2.16. The Morgan fingerprint density at radius 1 is 0.773 bits per heavy atom. The maximum Gasteiger partial charge on any atom is 0.303 e. The van der Waals surface area contributed by atoms with E-state index in [-0.39, 0.29) is 0 Å². The van der Waals surface area contributed by atoms with Gasteiger partial charge < -0.3 is 5.11 Å². The van der Waals surface area contributed by atoms with Gasteiger partial charge in [0.25, 0.3) is 0 Å². The fourth-order valence-corrected chi connectivity index (χ4v) is 3.34. The quantitative estimate of drug-likeness (QED) is 0.232. The largest absolute Gasteiger partial charge is 0.481 e. The summed E-state index contributed by atoms with van der Waals surface area (Å²) in [7, 11) is 0. The van der Waals surface area contributed by atoms with Crippen LogP contribution in [0.25, 0.3) is 0 Å². The second-order valence-corrected chi connectivity index (χ2v) is 7.35. The predicted molar refractivity (Wildman–Crippen MR) is 100.0 cm³/mol. The van der Waals surface area contributed by atoms with Crippen LogP contribution in [0, 0.1) is 0 Å². The first-order chi connectivity index (χ1) is 10.7. The standard InChI is InChI=1S/C19H38O2S/c1-2-15-18(22)16-13-11-9-7-5-3-4-6-8-10-12-14-17-19(20)21/h18,22H,2-17H2,1H3,(H,20,21). The van der Waals surface area contributed by atoms with Crippen molar-refractivity contribution in [1.82, 2.24) is 0 Å². The van der Waals surface area contributed by atoms with E-state index in [2.05, 4.69) is 19.6 Å². The van der Waals surface area contributed by atoms with E-state index in [0.29, 0.717) is 11.7 Å². The van der Waals surface area contributed by atoms with Gasteiger partial charge in [-0.25, -0.2) is 0 Å². The molecule has 0 aliphatic heterocycles. The van der Waals surface area contributed by atoms with E-state index in [4.69, 9.17) is 5.11 Å². The van der Waals surface area contributed by atoms with Gasteiger partial charge in [0.2, 0.25) is 0 Å². The lowest BCUT2D eigenvalue weighted by Gasteiger charge is -2.08. The number of rotatable bonds is 17. The summed E-state index contributed by atoms with van der Waals surface area (Å²) in [6, 6.07) is 0. The Morgan fingerprint density at radius 3 is 1.59 bits per heavy atom. The first-order valence-electron chi connectivity index (χ1n) is 9.56. The van der Waals surface area contributed by atoms with Crippen molar-refractivity contribution in [2.45, 2.75) is 115 Å². The average Bonchev–Trinajstić information content (AvgIpc) is 2.47. The molecule has 0 fully saturated rings. The Hall–Kier alpha value is -0.180. The lowest BCUT2D eigenvalue weighted by Crippen LogP contribution is -1.97. The van der Waals surface area contributed by atoms with Crippen LogP contribution in [0.15, 0.2) is 0 Å². The van der Waals surface area contributed by atoms with Gasteiger partial charge in [0.15, 0.2) is 0 Å². The van der Waals surface area contributed by atoms with E-state index in [1.54, 1.807) is 0 Å². The van der Waals surface area contributed by atoms with E-state index in [0.717, 1.165) is 12.8 Å². The molecule has 1 atom stereocenters. The van der Waals surface area contributed by atoms with Gasteiger partial charge in [0, 0.05) is 11.7 Å². The second-order valence-electron chi connectivity index (χ2n) is 6.62. The van der Waals surface area contributed by atoms with Gasteiger partial charge in [-0.05, 0) is 19.3 Å². The van der Waals surface area contributed by atoms with Gasteiger partial charge in [0.05, 0.1) is 0 Å². The SMILES string of the molecule is CCCC(S)CCCCCCCCCCCCCCC(=O)O. The van der Waals surface area contributed by atoms with Gasteiger partial charge in [-0.1, -0.05) is 84.0 Å². The van der Waals surface area contributed by atoms with E-state index in [9.17, 15) is 4.79 Å². The number of carboxylic acid groups (broad SMARTS) is 1. The van der Waals surface area contributed by atoms with Crippen LogP contribution in [0.4, 0.5) is 0 Å². The van der Waals surface area contributed by atoms with Crippen LogP contribution >= 0.6 is 12.6 Å². The highest BCUT2D eigenvalue weighted by molar-refractivity contribution is 7.80. The fraction of sp³-hybridized carbons (Fsp3) is 0.947. The molecule has 1 N–H and O–H groups in total. The van der Waals surface area contributed by atoms with E-state index in [1.807, 2.05) is 0 Å². The summed E-state index contributed by atoms with van der Waals surface area (Å²) in [6.07, 6.45) is 19.5. The van der Waals surface area contributed by atoms with Gasteiger partial charge in [-0.3, -0.25) is 4.79 Å². The highest BCUT2D eigenvalue weighted by atomic mass is 32.1. The van der Waals surface area contributed by atoms with Crippen molar-refractivity contribution in [2.75, 3.05) is 0 Å². The molecule has 0 rings (SSSR count). The van der Waals surface area contributed by atoms with Crippen LogP contribution in [-0.4, -0.2) is 16.3 Å². The van der Waals surface area contributed by atoms with Gasteiger partial charge in [-0.15, -0.1) is 0 Å². The Bertz CT molecular complexity index is 244. The van der Waals surface area contributed by atoms with Crippen molar-refractivity contribution in [3.8, 4) is 0 Å². The molecule has 1 unspecified atom stereocenters. The summed E-state index contributed by atoms with van der Waals surface area (Å²) in [6.45, 7) is 2.24. The molecule has 0 heterocycles. The van der Waals surface area contributed by atoms with Crippen LogP contribution in [0.3, 0.4) is 0 Å². The van der Waals surface area contributed by atoms with Gasteiger partial charge in [0.1, 0.15) is 0 Å². The van der Waals surface area contributed by atoms with Crippen molar-refractivity contribution in [2.24, 2.45) is 0 Å². The summed E-state index contributed by atoms with van der Waals surface area (Å²) in [5, 5.41) is 9.16. The number of thiol groups is 1. The molecule has 0 radical (unpaired) electrons. The van der Waals surface area contributed by atoms with Crippen molar-refractivity contribution in [3.63, 3.8) is 0 Å². The smallest absolute Gasteiger partial charge is 0.303 e. The maximum absolute atomic E-state index is 10.4. The van der Waals surface area contributed by atoms with Crippen molar-refractivity contribution in [1.29, 1.82) is 0 Å². The normalized spacial score (nSPS) is 12.5. The summed E-state index contributed by atoms with van der Waals surface area (Å²) in [5.74, 6) is -0.657. The molecule has 0 aromatic heterocycles. The third-order valence-corrected chi connectivity index (χ3v) is 4.82. The van der Waals surface area contributed by atoms with Crippen LogP contribution in [0.2, 0.25) is 0 Å². The lowest BCUT2D eigenvalue weighted by molar-refractivity contribution is -0.137. The minimum absolute atomic E-state index is 0.340. The topological polar surface area (TPSA) is 37.3 Å². The van der Waals surface area contributed by atoms with E-state index in [1.165, 1.54) is 83.5 Å². The zero-order valence-electron chi connectivity index (χ0n) is 14.7. The van der Waals surface area contributed by atoms with E-state index >= 15 is 0 Å². The number of hydrogen-bond acceptors (Lipinski definition) is 2. The third kappa shape index (κ3) is 17.9. The molecule has 0 aromatic rings. The molecule has 0 saturated heterocycles. The molecule has 132 valence electrons. The van der Waals surface area contributed by atoms with Gasteiger partial charge >= 0.3 is 5.97 Å². The number of carboxylic acids is 1. The highest BCUT2D eigenvalue weighted by Gasteiger charge is 2.01. The summed E-state index contributed by atoms with van der Waals surface area (Å²) >= 11 is 4.60. The number of aliphatic carboxylic acids is 1. The predicted octanol–water partition coefficient (Wildman–Crippen LogP) is 6.63. The fourth-order valence-electron chi connectivity index (χ4n) is 2.90. The molecular formula is C19H38O2S. The Balaban J connectivity index is 3.04. The zero-order valence-corrected chi connectivity index (χ0v) is 15.6. The summed E-state index contributed by atoms with van der Waals surface area (Å²) in [4.78, 5) is 10.4. The Labute approximate surface area is 143 Å². The zero-order chi connectivity index (χ0) is 16.5. The number of unbranched alkanes of at least 4 members (excludes halogenated alkanes) is 11. The van der Waals surface area contributed by atoms with Crippen LogP contribution in [0.1, 0.15) is 110 Å². The van der Waals surface area contributed by atoms with Gasteiger partial charge in [-0.2, -0.15) is 12.6 Å². The molecule has 0 saturated carbocycles. The monoisotopic (exact) mass is 330 g/mol. The van der Waals surface area contributed by atoms with Crippen LogP contribution in [-0.2, 0) is 4.79 Å². The summed E-state index contributed by atoms with van der Waals surface area (Å²) in [5.41, 5.74) is 0. The van der Waals surface area contributed by atoms with Crippen LogP contribution < -0.4 is 0 Å². The van der Waals surface area contributed by atoms with Crippen molar-refractivity contribution in [3.05, 3.63) is 0 Å². The van der Waals surface area contributed by atoms with Crippen LogP contribution in [0.5, 0.6) is 0 Å². The molecule has 0 amide bonds. The number of hydrogen-bond donors (Lipinski definition) is 2. The molecule has 2 nitrogen and oxygen atoms in total. The third-order valence-electron chi connectivity index (χ3n) is 4.30. The first-order valence-corrected chi connectivity index (χ1v) is 10.1. The molecule has 0 bridgehead atoms. The molecule has 0 aliphatic rings. The molecule has 0 spiro atoms.